The van der Waals surface area contributed by atoms with Crippen molar-refractivity contribution in [3.63, 3.8) is 0 Å². The second-order valence-corrected chi connectivity index (χ2v) is 7.16. The van der Waals surface area contributed by atoms with Gasteiger partial charge in [0.25, 0.3) is 0 Å². The van der Waals surface area contributed by atoms with Gasteiger partial charge in [-0.2, -0.15) is 0 Å². The Morgan fingerprint density at radius 1 is 1.24 bits per heavy atom. The van der Waals surface area contributed by atoms with Crippen LogP contribution in [0.3, 0.4) is 0 Å². The molecule has 114 valence electrons. The lowest BCUT2D eigenvalue weighted by Crippen LogP contribution is -2.05. The number of ether oxygens (including phenoxy) is 1. The zero-order valence-corrected chi connectivity index (χ0v) is 13.6. The molecular weight excluding hydrogens is 262 g/mol. The van der Waals surface area contributed by atoms with Crippen molar-refractivity contribution in [2.24, 2.45) is 10.8 Å². The highest BCUT2D eigenvalue weighted by atomic mass is 16.5. The van der Waals surface area contributed by atoms with Crippen molar-refractivity contribution in [1.82, 2.24) is 9.55 Å². The van der Waals surface area contributed by atoms with Crippen molar-refractivity contribution in [2.45, 2.75) is 47.1 Å². The summed E-state index contributed by atoms with van der Waals surface area (Å²) in [7, 11) is 0. The molecule has 1 aromatic carbocycles. The Kier molecular flexibility index (Phi) is 2.98. The number of anilines is 1. The molecular formula is C17H25N3O. The first-order valence-corrected chi connectivity index (χ1v) is 7.71. The van der Waals surface area contributed by atoms with Gasteiger partial charge in [-0.3, -0.25) is 0 Å². The highest BCUT2D eigenvalue weighted by Crippen LogP contribution is 2.72. The minimum absolute atomic E-state index is 0.217. The third-order valence-corrected chi connectivity index (χ3v) is 5.37. The molecule has 1 heterocycles. The third kappa shape index (κ3) is 1.84. The molecule has 1 fully saturated rings. The monoisotopic (exact) mass is 287 g/mol. The number of fused-ring (bicyclic) bond motifs is 1. The van der Waals surface area contributed by atoms with E-state index < -0.39 is 0 Å². The summed E-state index contributed by atoms with van der Waals surface area (Å²) in [5.41, 5.74) is 8.62. The zero-order chi connectivity index (χ0) is 15.4. The number of nitrogens with zero attached hydrogens (tertiary/aromatic N) is 2. The van der Waals surface area contributed by atoms with Crippen molar-refractivity contribution in [3.05, 3.63) is 18.2 Å². The highest BCUT2D eigenvalue weighted by molar-refractivity contribution is 5.84. The number of hydrogen-bond acceptors (Lipinski definition) is 3. The molecule has 0 unspecified atom stereocenters. The van der Waals surface area contributed by atoms with Gasteiger partial charge >= 0.3 is 0 Å². The second-order valence-electron chi connectivity index (χ2n) is 7.16. The van der Waals surface area contributed by atoms with Crippen molar-refractivity contribution >= 4 is 17.0 Å². The minimum Gasteiger partial charge on any atom is -0.491 e. The van der Waals surface area contributed by atoms with E-state index in [4.69, 9.17) is 10.5 Å². The summed E-state index contributed by atoms with van der Waals surface area (Å²) in [5.74, 6) is 1.41. The van der Waals surface area contributed by atoms with Gasteiger partial charge in [-0.15, -0.1) is 0 Å². The maximum absolute atomic E-state index is 6.23. The first kappa shape index (κ1) is 14.2. The van der Waals surface area contributed by atoms with Gasteiger partial charge < -0.3 is 15.0 Å². The SMILES string of the molecule is CCCOc1cccc2c1nc(N)n2C1C(C)(C)C1(C)C. The maximum atomic E-state index is 6.23. The fourth-order valence-corrected chi connectivity index (χ4v) is 3.52. The molecule has 3 rings (SSSR count). The average Bonchev–Trinajstić information content (AvgIpc) is 2.69. The maximum Gasteiger partial charge on any atom is 0.201 e. The van der Waals surface area contributed by atoms with Gasteiger partial charge in [0.15, 0.2) is 0 Å². The lowest BCUT2D eigenvalue weighted by Gasteiger charge is -2.09. The molecule has 1 aromatic heterocycles. The highest BCUT2D eigenvalue weighted by Gasteiger charge is 2.66. The largest absolute Gasteiger partial charge is 0.491 e. The standard InChI is InChI=1S/C17H25N3O/c1-6-10-21-12-9-7-8-11-13(12)19-15(18)20(11)14-16(2,3)17(14,4)5/h7-9,14H,6,10H2,1-5H3,(H2,18,19). The molecule has 0 spiro atoms. The number of imidazole rings is 1. The number of rotatable bonds is 4. The van der Waals surface area contributed by atoms with Gasteiger partial charge in [0.2, 0.25) is 5.95 Å². The number of aromatic nitrogens is 2. The Labute approximate surface area is 126 Å². The minimum atomic E-state index is 0.217. The summed E-state index contributed by atoms with van der Waals surface area (Å²) < 4.78 is 8.00. The number of nitrogens with two attached hydrogens (primary N) is 1. The Morgan fingerprint density at radius 3 is 2.48 bits per heavy atom. The van der Waals surface area contributed by atoms with Crippen molar-refractivity contribution < 1.29 is 4.74 Å². The predicted octanol–water partition coefficient (Wildman–Crippen LogP) is 4.01. The van der Waals surface area contributed by atoms with Crippen LogP contribution in [0.25, 0.3) is 11.0 Å². The fourth-order valence-electron chi connectivity index (χ4n) is 3.52. The van der Waals surface area contributed by atoms with Crippen LogP contribution >= 0.6 is 0 Å². The normalized spacial score (nSPS) is 19.9. The van der Waals surface area contributed by atoms with Crippen LogP contribution in [0.4, 0.5) is 5.95 Å². The Balaban J connectivity index is 2.12. The summed E-state index contributed by atoms with van der Waals surface area (Å²) in [6.07, 6.45) is 0.981. The fraction of sp³-hybridized carbons (Fsp3) is 0.588. The first-order valence-electron chi connectivity index (χ1n) is 7.71. The zero-order valence-electron chi connectivity index (χ0n) is 13.6. The van der Waals surface area contributed by atoms with E-state index in [0.717, 1.165) is 23.2 Å². The van der Waals surface area contributed by atoms with Gasteiger partial charge in [-0.05, 0) is 29.4 Å². The van der Waals surface area contributed by atoms with Crippen LogP contribution in [-0.2, 0) is 0 Å². The van der Waals surface area contributed by atoms with Crippen LogP contribution in [0.5, 0.6) is 5.75 Å². The Morgan fingerprint density at radius 2 is 1.90 bits per heavy atom. The van der Waals surface area contributed by atoms with E-state index in [2.05, 4.69) is 50.2 Å². The van der Waals surface area contributed by atoms with Crippen molar-refractivity contribution in [2.75, 3.05) is 12.3 Å². The lowest BCUT2D eigenvalue weighted by atomic mass is 10.0. The number of nitrogen functional groups attached to an aromatic ring is 1. The Hall–Kier alpha value is -1.71. The van der Waals surface area contributed by atoms with E-state index in [-0.39, 0.29) is 10.8 Å². The molecule has 1 aliphatic rings. The number of para-hydroxylation sites is 1. The third-order valence-electron chi connectivity index (χ3n) is 5.37. The first-order chi connectivity index (χ1) is 9.82. The number of benzene rings is 1. The summed E-state index contributed by atoms with van der Waals surface area (Å²) >= 11 is 0. The molecule has 21 heavy (non-hydrogen) atoms. The van der Waals surface area contributed by atoms with Gasteiger partial charge in [0.1, 0.15) is 11.3 Å². The smallest absolute Gasteiger partial charge is 0.201 e. The van der Waals surface area contributed by atoms with E-state index in [0.29, 0.717) is 18.6 Å². The summed E-state index contributed by atoms with van der Waals surface area (Å²) in [6, 6.07) is 6.45. The molecule has 1 aliphatic carbocycles. The van der Waals surface area contributed by atoms with E-state index in [1.165, 1.54) is 0 Å². The van der Waals surface area contributed by atoms with Crippen LogP contribution in [0.1, 0.15) is 47.1 Å². The van der Waals surface area contributed by atoms with E-state index in [1.807, 2.05) is 12.1 Å². The van der Waals surface area contributed by atoms with Crippen LogP contribution in [0.2, 0.25) is 0 Å². The molecule has 0 amide bonds. The molecule has 0 aliphatic heterocycles. The summed E-state index contributed by atoms with van der Waals surface area (Å²) in [5, 5.41) is 0. The molecule has 2 N–H and O–H groups in total. The topological polar surface area (TPSA) is 53.1 Å². The molecule has 1 saturated carbocycles. The van der Waals surface area contributed by atoms with E-state index >= 15 is 0 Å². The molecule has 4 heteroatoms. The summed E-state index contributed by atoms with van der Waals surface area (Å²) in [4.78, 5) is 4.57. The summed E-state index contributed by atoms with van der Waals surface area (Å²) in [6.45, 7) is 12.0. The van der Waals surface area contributed by atoms with Gasteiger partial charge in [0, 0.05) is 6.04 Å². The lowest BCUT2D eigenvalue weighted by molar-refractivity contribution is 0.320. The molecule has 0 radical (unpaired) electrons. The van der Waals surface area contributed by atoms with Crippen LogP contribution in [0, 0.1) is 10.8 Å². The number of hydrogen-bond donors (Lipinski definition) is 1. The van der Waals surface area contributed by atoms with Crippen LogP contribution in [0.15, 0.2) is 18.2 Å². The molecule has 0 atom stereocenters. The Bertz CT molecular complexity index is 671. The van der Waals surface area contributed by atoms with Crippen LogP contribution in [-0.4, -0.2) is 16.2 Å². The van der Waals surface area contributed by atoms with Crippen molar-refractivity contribution in [1.29, 1.82) is 0 Å². The molecule has 0 saturated heterocycles. The van der Waals surface area contributed by atoms with E-state index in [1.54, 1.807) is 0 Å². The second kappa shape index (κ2) is 4.39. The molecule has 4 nitrogen and oxygen atoms in total. The molecule has 0 bridgehead atoms. The molecule has 2 aromatic rings. The predicted molar refractivity (Wildman–Crippen MR) is 86.5 cm³/mol. The quantitative estimate of drug-likeness (QED) is 0.924. The van der Waals surface area contributed by atoms with Gasteiger partial charge in [-0.1, -0.05) is 40.7 Å². The van der Waals surface area contributed by atoms with Gasteiger partial charge in [-0.25, -0.2) is 4.98 Å². The van der Waals surface area contributed by atoms with E-state index in [9.17, 15) is 0 Å². The van der Waals surface area contributed by atoms with Gasteiger partial charge in [0.05, 0.1) is 12.1 Å². The average molecular weight is 287 g/mol. The van der Waals surface area contributed by atoms with Crippen molar-refractivity contribution in [3.8, 4) is 5.75 Å². The van der Waals surface area contributed by atoms with Crippen LogP contribution < -0.4 is 10.5 Å².